The molecule has 0 unspecified atom stereocenters. The monoisotopic (exact) mass is 294 g/mol. The van der Waals surface area contributed by atoms with Crippen LogP contribution < -0.4 is 5.32 Å². The molecule has 1 heterocycles. The van der Waals surface area contributed by atoms with E-state index in [9.17, 15) is 31.1 Å². The van der Waals surface area contributed by atoms with Gasteiger partial charge in [0.1, 0.15) is 6.61 Å². The van der Waals surface area contributed by atoms with E-state index in [0.717, 1.165) is 4.90 Å². The van der Waals surface area contributed by atoms with Gasteiger partial charge in [-0.05, 0) is 0 Å². The molecule has 19 heavy (non-hydrogen) atoms. The molecule has 0 atom stereocenters. The first-order chi connectivity index (χ1) is 8.62. The number of hydrogen-bond acceptors (Lipinski definition) is 3. The average molecular weight is 294 g/mol. The molecule has 1 amide bonds. The van der Waals surface area contributed by atoms with Crippen LogP contribution in [0.4, 0.5) is 26.3 Å². The summed E-state index contributed by atoms with van der Waals surface area (Å²) >= 11 is 0. The first-order valence-corrected chi connectivity index (χ1v) is 5.36. The Morgan fingerprint density at radius 1 is 1.11 bits per heavy atom. The molecule has 0 aromatic rings. The van der Waals surface area contributed by atoms with Gasteiger partial charge in [0.2, 0.25) is 12.0 Å². The van der Waals surface area contributed by atoms with Gasteiger partial charge in [-0.25, -0.2) is 0 Å². The highest BCUT2D eigenvalue weighted by atomic mass is 19.4. The maximum absolute atomic E-state index is 12.1. The van der Waals surface area contributed by atoms with Crippen LogP contribution in [0.15, 0.2) is 0 Å². The third kappa shape index (κ3) is 4.86. The number of alkyl halides is 6. The Hall–Kier alpha value is -1.03. The van der Waals surface area contributed by atoms with E-state index in [0.29, 0.717) is 13.1 Å². The van der Waals surface area contributed by atoms with Crippen molar-refractivity contribution in [1.29, 1.82) is 0 Å². The summed E-state index contributed by atoms with van der Waals surface area (Å²) in [6.45, 7) is 0.0842. The molecule has 0 aromatic carbocycles. The van der Waals surface area contributed by atoms with Gasteiger partial charge in [-0.3, -0.25) is 4.79 Å². The number of piperazine rings is 1. The molecule has 0 aliphatic carbocycles. The highest BCUT2D eigenvalue weighted by molar-refractivity contribution is 5.77. The van der Waals surface area contributed by atoms with Crippen LogP contribution in [0.5, 0.6) is 0 Å². The van der Waals surface area contributed by atoms with Crippen molar-refractivity contribution in [3.05, 3.63) is 0 Å². The predicted octanol–water partition coefficient (Wildman–Crippen LogP) is 0.928. The largest absolute Gasteiger partial charge is 0.423 e. The number of rotatable bonds is 3. The number of nitrogens with zero attached hydrogens (tertiary/aromatic N) is 1. The Morgan fingerprint density at radius 3 is 2.00 bits per heavy atom. The van der Waals surface area contributed by atoms with Crippen molar-refractivity contribution in [2.75, 3.05) is 32.8 Å². The second-order valence-electron chi connectivity index (χ2n) is 3.91. The van der Waals surface area contributed by atoms with Crippen molar-refractivity contribution >= 4 is 5.91 Å². The van der Waals surface area contributed by atoms with Crippen LogP contribution in [-0.4, -0.2) is 62.0 Å². The molecule has 1 aliphatic rings. The minimum absolute atomic E-state index is 0.227. The van der Waals surface area contributed by atoms with E-state index in [1.165, 1.54) is 0 Å². The van der Waals surface area contributed by atoms with Crippen LogP contribution in [0.1, 0.15) is 0 Å². The third-order valence-corrected chi connectivity index (χ3v) is 2.44. The number of carbonyl (C=O) groups excluding carboxylic acids is 1. The van der Waals surface area contributed by atoms with E-state index in [2.05, 4.69) is 10.1 Å². The van der Waals surface area contributed by atoms with Crippen molar-refractivity contribution in [2.24, 2.45) is 0 Å². The fourth-order valence-corrected chi connectivity index (χ4v) is 1.53. The molecule has 0 spiro atoms. The zero-order valence-electron chi connectivity index (χ0n) is 9.64. The van der Waals surface area contributed by atoms with Gasteiger partial charge < -0.3 is 15.0 Å². The van der Waals surface area contributed by atoms with Crippen LogP contribution >= 0.6 is 0 Å². The Morgan fingerprint density at radius 2 is 1.58 bits per heavy atom. The van der Waals surface area contributed by atoms with Gasteiger partial charge >= 0.3 is 12.4 Å². The summed E-state index contributed by atoms with van der Waals surface area (Å²) in [5.74, 6) is -0.889. The van der Waals surface area contributed by atoms with Gasteiger partial charge in [0.15, 0.2) is 0 Å². The number of carbonyl (C=O) groups is 1. The summed E-state index contributed by atoms with van der Waals surface area (Å²) in [6.07, 6.45) is -15.1. The molecule has 0 radical (unpaired) electrons. The summed E-state index contributed by atoms with van der Waals surface area (Å²) in [7, 11) is 0. The van der Waals surface area contributed by atoms with Gasteiger partial charge in [-0.2, -0.15) is 26.3 Å². The van der Waals surface area contributed by atoms with Gasteiger partial charge in [-0.15, -0.1) is 0 Å². The highest BCUT2D eigenvalue weighted by Gasteiger charge is 2.58. The summed E-state index contributed by atoms with van der Waals surface area (Å²) in [4.78, 5) is 12.5. The maximum atomic E-state index is 12.1. The SMILES string of the molecule is O=C(COC(C(F)(F)F)C(F)(F)F)N1CCNCC1. The molecule has 1 N–H and O–H groups in total. The Bertz CT molecular complexity index is 297. The molecule has 10 heteroatoms. The smallest absolute Gasteiger partial charge is 0.351 e. The lowest BCUT2D eigenvalue weighted by Gasteiger charge is -2.29. The van der Waals surface area contributed by atoms with Crippen molar-refractivity contribution in [3.63, 3.8) is 0 Å². The van der Waals surface area contributed by atoms with E-state index in [1.54, 1.807) is 0 Å². The fourth-order valence-electron chi connectivity index (χ4n) is 1.53. The lowest BCUT2D eigenvalue weighted by atomic mass is 10.3. The van der Waals surface area contributed by atoms with Crippen molar-refractivity contribution in [1.82, 2.24) is 10.2 Å². The second-order valence-corrected chi connectivity index (χ2v) is 3.91. The second kappa shape index (κ2) is 5.95. The topological polar surface area (TPSA) is 41.6 Å². The molecule has 1 saturated heterocycles. The molecule has 0 aromatic heterocycles. The molecule has 0 bridgehead atoms. The normalized spacial score (nSPS) is 17.9. The van der Waals surface area contributed by atoms with Crippen LogP contribution in [0.3, 0.4) is 0 Å². The number of nitrogens with one attached hydrogen (secondary N) is 1. The van der Waals surface area contributed by atoms with Gasteiger partial charge in [0.05, 0.1) is 0 Å². The van der Waals surface area contributed by atoms with Crippen LogP contribution in [-0.2, 0) is 9.53 Å². The van der Waals surface area contributed by atoms with Crippen LogP contribution in [0, 0.1) is 0 Å². The third-order valence-electron chi connectivity index (χ3n) is 2.44. The van der Waals surface area contributed by atoms with Crippen LogP contribution in [0.25, 0.3) is 0 Å². The first-order valence-electron chi connectivity index (χ1n) is 5.36. The molecule has 1 fully saturated rings. The fraction of sp³-hybridized carbons (Fsp3) is 0.889. The van der Waals surface area contributed by atoms with E-state index in [1.807, 2.05) is 0 Å². The van der Waals surface area contributed by atoms with E-state index in [4.69, 9.17) is 0 Å². The molecule has 112 valence electrons. The van der Waals surface area contributed by atoms with E-state index < -0.39 is 31.0 Å². The summed E-state index contributed by atoms with van der Waals surface area (Å²) in [6, 6.07) is 0. The molecule has 1 rings (SSSR count). The molecule has 4 nitrogen and oxygen atoms in total. The lowest BCUT2D eigenvalue weighted by Crippen LogP contribution is -2.50. The van der Waals surface area contributed by atoms with E-state index >= 15 is 0 Å². The standard InChI is InChI=1S/C9H12F6N2O2/c10-8(11,12)7(9(13,14)15)19-5-6(18)17-3-1-16-2-4-17/h7,16H,1-5H2. The Labute approximate surface area is 104 Å². The summed E-state index contributed by atoms with van der Waals surface area (Å²) in [5, 5.41) is 2.89. The van der Waals surface area contributed by atoms with Gasteiger partial charge in [0.25, 0.3) is 0 Å². The number of hydrogen-bond donors (Lipinski definition) is 1. The first kappa shape index (κ1) is 16.0. The zero-order valence-corrected chi connectivity index (χ0v) is 9.64. The molecular formula is C9H12F6N2O2. The minimum atomic E-state index is -5.60. The zero-order chi connectivity index (χ0) is 14.7. The summed E-state index contributed by atoms with van der Waals surface area (Å²) < 4.78 is 76.5. The minimum Gasteiger partial charge on any atom is -0.351 e. The Kier molecular flexibility index (Phi) is 5.02. The number of amides is 1. The molecular weight excluding hydrogens is 282 g/mol. The maximum Gasteiger partial charge on any atom is 0.423 e. The average Bonchev–Trinajstić information content (AvgIpc) is 2.26. The van der Waals surface area contributed by atoms with Gasteiger partial charge in [-0.1, -0.05) is 0 Å². The highest BCUT2D eigenvalue weighted by Crippen LogP contribution is 2.35. The quantitative estimate of drug-likeness (QED) is 0.787. The van der Waals surface area contributed by atoms with Crippen molar-refractivity contribution in [2.45, 2.75) is 18.5 Å². The lowest BCUT2D eigenvalue weighted by molar-refractivity contribution is -0.320. The van der Waals surface area contributed by atoms with Crippen molar-refractivity contribution in [3.8, 4) is 0 Å². The van der Waals surface area contributed by atoms with E-state index in [-0.39, 0.29) is 13.1 Å². The molecule has 0 saturated carbocycles. The number of ether oxygens (including phenoxy) is 1. The Balaban J connectivity index is 2.54. The van der Waals surface area contributed by atoms with Crippen molar-refractivity contribution < 1.29 is 35.9 Å². The van der Waals surface area contributed by atoms with Crippen LogP contribution in [0.2, 0.25) is 0 Å². The number of halogens is 6. The predicted molar refractivity (Wildman–Crippen MR) is 51.3 cm³/mol. The molecule has 1 aliphatic heterocycles. The van der Waals surface area contributed by atoms with Gasteiger partial charge in [0, 0.05) is 26.2 Å². The summed E-state index contributed by atoms with van der Waals surface area (Å²) in [5.41, 5.74) is 0.